The number of piperidine rings is 1. The molecule has 23 heavy (non-hydrogen) atoms. The summed E-state index contributed by atoms with van der Waals surface area (Å²) in [6, 6.07) is 0. The summed E-state index contributed by atoms with van der Waals surface area (Å²) in [5, 5.41) is 8.75. The first-order valence-electron chi connectivity index (χ1n) is 7.53. The first-order chi connectivity index (χ1) is 10.4. The predicted octanol–water partition coefficient (Wildman–Crippen LogP) is 2.35. The third-order valence-corrected chi connectivity index (χ3v) is 3.43. The molecule has 0 atom stereocenters. The smallest absolute Gasteiger partial charge is 0.417 e. The minimum atomic E-state index is -1.62. The van der Waals surface area contributed by atoms with Crippen LogP contribution in [-0.2, 0) is 19.1 Å². The fourth-order valence-corrected chi connectivity index (χ4v) is 2.53. The summed E-state index contributed by atoms with van der Waals surface area (Å²) in [6.07, 6.45) is 0.635. The van der Waals surface area contributed by atoms with Crippen molar-refractivity contribution >= 4 is 18.0 Å². The van der Waals surface area contributed by atoms with Gasteiger partial charge in [-0.15, -0.1) is 0 Å². The van der Waals surface area contributed by atoms with Crippen LogP contribution in [0.2, 0.25) is 0 Å². The fraction of sp³-hybridized carbons (Fsp3) is 0.688. The molecule has 1 N–H and O–H groups in total. The van der Waals surface area contributed by atoms with E-state index in [1.165, 1.54) is 4.90 Å². The largest absolute Gasteiger partial charge is 0.473 e. The number of likely N-dealkylation sites (tertiary alicyclic amines) is 1. The van der Waals surface area contributed by atoms with Crippen molar-refractivity contribution in [3.63, 3.8) is 0 Å². The van der Waals surface area contributed by atoms with E-state index in [2.05, 4.69) is 6.58 Å². The molecule has 1 aliphatic heterocycles. The van der Waals surface area contributed by atoms with Gasteiger partial charge < -0.3 is 19.5 Å². The molecule has 0 aliphatic carbocycles. The quantitative estimate of drug-likeness (QED) is 0.486. The third-order valence-electron chi connectivity index (χ3n) is 3.43. The molecular formula is C16H25NO6. The molecule has 0 aromatic heterocycles. The highest BCUT2D eigenvalue weighted by atomic mass is 16.6. The number of carboxylic acids is 1. The van der Waals surface area contributed by atoms with Crippen LogP contribution in [0.3, 0.4) is 0 Å². The monoisotopic (exact) mass is 327 g/mol. The van der Waals surface area contributed by atoms with Crippen LogP contribution >= 0.6 is 0 Å². The van der Waals surface area contributed by atoms with Crippen LogP contribution in [0.25, 0.3) is 0 Å². The Morgan fingerprint density at radius 2 is 1.74 bits per heavy atom. The molecule has 1 fully saturated rings. The van der Waals surface area contributed by atoms with Gasteiger partial charge in [0.15, 0.2) is 0 Å². The van der Waals surface area contributed by atoms with Gasteiger partial charge in [0.2, 0.25) is 0 Å². The Morgan fingerprint density at radius 3 is 2.13 bits per heavy atom. The van der Waals surface area contributed by atoms with Crippen LogP contribution in [0, 0.1) is 0 Å². The standard InChI is InChI=1S/C16H25NO6/c1-11(2)10-16(22-13(20)12(18)19)6-8-17(9-7-16)14(21)23-15(3,4)5/h1,6-10H2,2-5H3,(H,18,19). The van der Waals surface area contributed by atoms with Crippen molar-refractivity contribution in [2.45, 2.75) is 58.2 Å². The normalized spacial score (nSPS) is 17.3. The predicted molar refractivity (Wildman–Crippen MR) is 82.9 cm³/mol. The Balaban J connectivity index is 2.76. The van der Waals surface area contributed by atoms with E-state index in [0.717, 1.165) is 5.57 Å². The number of carbonyl (C=O) groups excluding carboxylic acids is 2. The van der Waals surface area contributed by atoms with Crippen molar-refractivity contribution in [3.8, 4) is 0 Å². The highest BCUT2D eigenvalue weighted by molar-refractivity contribution is 6.28. The van der Waals surface area contributed by atoms with Gasteiger partial charge in [-0.05, 0) is 27.7 Å². The summed E-state index contributed by atoms with van der Waals surface area (Å²) < 4.78 is 10.5. The van der Waals surface area contributed by atoms with Crippen molar-refractivity contribution in [1.29, 1.82) is 0 Å². The van der Waals surface area contributed by atoms with Gasteiger partial charge >= 0.3 is 18.0 Å². The summed E-state index contributed by atoms with van der Waals surface area (Å²) in [7, 11) is 0. The summed E-state index contributed by atoms with van der Waals surface area (Å²) in [5.41, 5.74) is -0.729. The molecule has 1 rings (SSSR count). The van der Waals surface area contributed by atoms with Gasteiger partial charge in [-0.25, -0.2) is 14.4 Å². The average molecular weight is 327 g/mol. The van der Waals surface area contributed by atoms with Crippen LogP contribution in [0.1, 0.15) is 47.0 Å². The minimum absolute atomic E-state index is 0.328. The lowest BCUT2D eigenvalue weighted by molar-refractivity contribution is -0.178. The summed E-state index contributed by atoms with van der Waals surface area (Å²) in [6.45, 7) is 11.6. The van der Waals surface area contributed by atoms with E-state index in [1.807, 2.05) is 0 Å². The molecule has 0 spiro atoms. The molecule has 130 valence electrons. The lowest BCUT2D eigenvalue weighted by Crippen LogP contribution is -2.50. The maximum absolute atomic E-state index is 12.1. The Morgan fingerprint density at radius 1 is 1.22 bits per heavy atom. The number of hydrogen-bond acceptors (Lipinski definition) is 5. The van der Waals surface area contributed by atoms with Gasteiger partial charge in [0, 0.05) is 32.4 Å². The molecule has 0 aromatic carbocycles. The minimum Gasteiger partial charge on any atom is -0.473 e. The third kappa shape index (κ3) is 5.92. The number of esters is 1. The van der Waals surface area contributed by atoms with Crippen molar-refractivity contribution in [2.75, 3.05) is 13.1 Å². The van der Waals surface area contributed by atoms with Gasteiger partial charge in [-0.3, -0.25) is 0 Å². The number of amides is 1. The second-order valence-corrected chi connectivity index (χ2v) is 6.98. The van der Waals surface area contributed by atoms with E-state index >= 15 is 0 Å². The van der Waals surface area contributed by atoms with Crippen LogP contribution in [0.5, 0.6) is 0 Å². The van der Waals surface area contributed by atoms with E-state index < -0.39 is 29.2 Å². The molecule has 0 bridgehead atoms. The number of hydrogen-bond donors (Lipinski definition) is 1. The number of carbonyl (C=O) groups is 3. The second-order valence-electron chi connectivity index (χ2n) is 6.98. The van der Waals surface area contributed by atoms with Crippen molar-refractivity contribution < 1.29 is 29.0 Å². The number of nitrogens with zero attached hydrogens (tertiary/aromatic N) is 1. The lowest BCUT2D eigenvalue weighted by Gasteiger charge is -2.41. The topological polar surface area (TPSA) is 93.1 Å². The molecule has 1 saturated heterocycles. The highest BCUT2D eigenvalue weighted by Crippen LogP contribution is 2.33. The maximum Gasteiger partial charge on any atom is 0.417 e. The van der Waals surface area contributed by atoms with Crippen molar-refractivity contribution in [2.24, 2.45) is 0 Å². The van der Waals surface area contributed by atoms with Gasteiger partial charge in [-0.2, -0.15) is 0 Å². The molecule has 0 aromatic rings. The molecule has 7 heteroatoms. The first kappa shape index (κ1) is 19.0. The highest BCUT2D eigenvalue weighted by Gasteiger charge is 2.41. The van der Waals surface area contributed by atoms with E-state index in [1.54, 1.807) is 27.7 Å². The summed E-state index contributed by atoms with van der Waals surface area (Å²) in [4.78, 5) is 35.8. The van der Waals surface area contributed by atoms with Gasteiger partial charge in [0.1, 0.15) is 11.2 Å². The molecular weight excluding hydrogens is 302 g/mol. The van der Waals surface area contributed by atoms with Crippen LogP contribution < -0.4 is 0 Å². The molecule has 1 amide bonds. The number of ether oxygens (including phenoxy) is 2. The van der Waals surface area contributed by atoms with E-state index in [4.69, 9.17) is 14.6 Å². The zero-order valence-electron chi connectivity index (χ0n) is 14.2. The van der Waals surface area contributed by atoms with Crippen LogP contribution in [-0.4, -0.2) is 52.3 Å². The SMILES string of the molecule is C=C(C)CC1(OC(=O)C(=O)O)CCN(C(=O)OC(C)(C)C)CC1. The van der Waals surface area contributed by atoms with Crippen molar-refractivity contribution in [1.82, 2.24) is 4.90 Å². The molecule has 0 saturated carbocycles. The zero-order chi connectivity index (χ0) is 17.8. The zero-order valence-corrected chi connectivity index (χ0v) is 14.2. The molecule has 1 heterocycles. The van der Waals surface area contributed by atoms with Crippen molar-refractivity contribution in [3.05, 3.63) is 12.2 Å². The molecule has 1 aliphatic rings. The second kappa shape index (κ2) is 7.02. The molecule has 0 unspecified atom stereocenters. The van der Waals surface area contributed by atoms with E-state index in [-0.39, 0.29) is 0 Å². The van der Waals surface area contributed by atoms with Gasteiger partial charge in [0.25, 0.3) is 0 Å². The lowest BCUT2D eigenvalue weighted by atomic mass is 9.85. The molecule has 7 nitrogen and oxygen atoms in total. The van der Waals surface area contributed by atoms with Gasteiger partial charge in [0.05, 0.1) is 0 Å². The Kier molecular flexibility index (Phi) is 5.80. The number of aliphatic carboxylic acids is 1. The number of rotatable bonds is 3. The maximum atomic E-state index is 12.1. The van der Waals surface area contributed by atoms with Gasteiger partial charge in [-0.1, -0.05) is 12.2 Å². The Labute approximate surface area is 136 Å². The van der Waals surface area contributed by atoms with Crippen LogP contribution in [0.15, 0.2) is 12.2 Å². The van der Waals surface area contributed by atoms with E-state index in [0.29, 0.717) is 32.4 Å². The summed E-state index contributed by atoms with van der Waals surface area (Å²) >= 11 is 0. The Hall–Kier alpha value is -2.05. The average Bonchev–Trinajstić information content (AvgIpc) is 2.36. The first-order valence-corrected chi connectivity index (χ1v) is 7.53. The fourth-order valence-electron chi connectivity index (χ4n) is 2.53. The molecule has 0 radical (unpaired) electrons. The number of carboxylic acid groups (broad SMARTS) is 1. The van der Waals surface area contributed by atoms with Crippen LogP contribution in [0.4, 0.5) is 4.79 Å². The van der Waals surface area contributed by atoms with E-state index in [9.17, 15) is 14.4 Å². The summed E-state index contributed by atoms with van der Waals surface area (Å²) in [5.74, 6) is -2.90. The Bertz CT molecular complexity index is 497.